The van der Waals surface area contributed by atoms with Gasteiger partial charge < -0.3 is 39.0 Å². The van der Waals surface area contributed by atoms with Gasteiger partial charge in [0.25, 0.3) is 0 Å². The summed E-state index contributed by atoms with van der Waals surface area (Å²) < 4.78 is 0. The fraction of sp³-hybridized carbons (Fsp3) is 0. The molecule has 0 saturated carbocycles. The Hall–Kier alpha value is 0.214. The van der Waals surface area contributed by atoms with Gasteiger partial charge in [-0.05, 0) is 0 Å². The fourth-order valence-corrected chi connectivity index (χ4v) is 0. The van der Waals surface area contributed by atoms with E-state index in [-0.39, 0.29) is 55.5 Å². The molecule has 64 valence electrons. The van der Waals surface area contributed by atoms with Gasteiger partial charge in [0, 0.05) is 0 Å². The maximum atomic E-state index is 0. The molecule has 8 heavy (non-hydrogen) atoms. The second-order valence-electron chi connectivity index (χ2n) is 0. The van der Waals surface area contributed by atoms with Crippen molar-refractivity contribution in [2.24, 2.45) is 0 Å². The topological polar surface area (TPSA) is 224 Å². The summed E-state index contributed by atoms with van der Waals surface area (Å²) in [6, 6.07) is 0. The average Bonchev–Trinajstić information content (AvgIpc) is 0. The largest absolute Gasteiger partial charge is 2.00 e. The fourth-order valence-electron chi connectivity index (χ4n) is 0. The quantitative estimate of drug-likeness (QED) is 0.359. The molecule has 0 aromatic carbocycles. The van der Waals surface area contributed by atoms with E-state index in [0.29, 0.717) is 0 Å². The van der Waals surface area contributed by atoms with E-state index >= 15 is 0 Å². The summed E-state index contributed by atoms with van der Waals surface area (Å²) in [4.78, 5) is 0. The molecule has 0 heterocycles. The van der Waals surface area contributed by atoms with E-state index < -0.39 is 0 Å². The molecule has 0 unspecified atom stereocenters. The molecule has 0 fully saturated rings. The average molecular weight is 184 g/mol. The summed E-state index contributed by atoms with van der Waals surface area (Å²) in [7, 11) is 0. The van der Waals surface area contributed by atoms with E-state index in [4.69, 9.17) is 0 Å². The van der Waals surface area contributed by atoms with Crippen LogP contribution >= 0.6 is 0 Å². The van der Waals surface area contributed by atoms with E-state index in [0.717, 1.165) is 0 Å². The van der Waals surface area contributed by atoms with Gasteiger partial charge in [-0.2, -0.15) is 0 Å². The van der Waals surface area contributed by atoms with Crippen molar-refractivity contribution < 1.29 is 49.3 Å². The van der Waals surface area contributed by atoms with Crippen molar-refractivity contribution in [2.75, 3.05) is 0 Å². The van der Waals surface area contributed by atoms with E-state index in [1.54, 1.807) is 0 Å². The molecule has 0 saturated heterocycles. The van der Waals surface area contributed by atoms with Crippen molar-refractivity contribution in [2.45, 2.75) is 0 Å². The molecule has 0 rings (SSSR count). The summed E-state index contributed by atoms with van der Waals surface area (Å²) in [6.07, 6.45) is 0. The van der Waals surface area contributed by atoms with Gasteiger partial charge in [-0.15, -0.1) is 0 Å². The van der Waals surface area contributed by atoms with Crippen molar-refractivity contribution in [3.8, 4) is 0 Å². The van der Waals surface area contributed by atoms with Crippen LogP contribution in [-0.4, -0.2) is 32.9 Å². The first kappa shape index (κ1) is 9380. The minimum atomic E-state index is 0. The molecule has 0 atom stereocenters. The molecule has 15 N–H and O–H groups in total. The molecule has 0 amide bonds. The first-order valence-corrected chi connectivity index (χ1v) is 0. The summed E-state index contributed by atoms with van der Waals surface area (Å²) in [5.74, 6) is 0. The molecule has 0 aliphatic rings. The van der Waals surface area contributed by atoms with Crippen molar-refractivity contribution in [1.82, 2.24) is 6.15 Å². The van der Waals surface area contributed by atoms with Gasteiger partial charge in [-0.1, -0.05) is 0 Å². The van der Waals surface area contributed by atoms with E-state index in [9.17, 15) is 0 Å². The normalized spacial score (nSPS) is 0. The van der Waals surface area contributed by atoms with Crippen LogP contribution in [0.5, 0.6) is 0 Å². The Bertz CT molecular complexity index is 8.49. The zero-order valence-electron chi connectivity index (χ0n) is 4.02. The van der Waals surface area contributed by atoms with Crippen molar-refractivity contribution in [3.63, 3.8) is 0 Å². The summed E-state index contributed by atoms with van der Waals surface area (Å²) in [5, 5.41) is 0. The van der Waals surface area contributed by atoms with Gasteiger partial charge in [0.1, 0.15) is 0 Å². The Balaban J connectivity index is 0. The van der Waals surface area contributed by atoms with E-state index in [1.807, 2.05) is 0 Å². The van der Waals surface area contributed by atoms with Crippen LogP contribution in [0.15, 0.2) is 0 Å². The number of rotatable bonds is 0. The van der Waals surface area contributed by atoms with Crippen LogP contribution in [0.1, 0.15) is 0 Å². The second kappa shape index (κ2) is 6110. The van der Waals surface area contributed by atoms with Crippen LogP contribution in [-0.2, 0) is 16.5 Å². The van der Waals surface area contributed by atoms with Gasteiger partial charge in [-0.3, -0.25) is 0 Å². The van der Waals surface area contributed by atoms with E-state index in [1.165, 1.54) is 0 Å². The Labute approximate surface area is 56.4 Å². The van der Waals surface area contributed by atoms with Gasteiger partial charge in [0.05, 0.1) is 0 Å². The van der Waals surface area contributed by atoms with Gasteiger partial charge >= 0.3 is 16.5 Å². The zero-order chi connectivity index (χ0) is 0. The molecule has 7 nitrogen and oxygen atoms in total. The van der Waals surface area contributed by atoms with Gasteiger partial charge in [-0.25, -0.2) is 0 Å². The molecule has 0 aromatic heterocycles. The molecular weight excluding hydrogens is 169 g/mol. The minimum absolute atomic E-state index is 0. The van der Waals surface area contributed by atoms with Crippen LogP contribution in [0, 0.1) is 0 Å². The number of hydrogen-bond donors (Lipinski definition) is 1. The number of hydrogen-bond acceptors (Lipinski definition) is 1. The summed E-state index contributed by atoms with van der Waals surface area (Å²) >= 11 is 0. The first-order chi connectivity index (χ1) is 0. The predicted molar refractivity (Wildman–Crippen MR) is 26.7 cm³/mol. The Morgan fingerprint density at radius 2 is 0.375 bits per heavy atom. The van der Waals surface area contributed by atoms with Crippen LogP contribution in [0.25, 0.3) is 0 Å². The third kappa shape index (κ3) is 3700. The van der Waals surface area contributed by atoms with Gasteiger partial charge in [0.2, 0.25) is 0 Å². The summed E-state index contributed by atoms with van der Waals surface area (Å²) in [6.45, 7) is 0. The van der Waals surface area contributed by atoms with Crippen LogP contribution in [0.4, 0.5) is 0 Å². The molecule has 0 spiro atoms. The Morgan fingerprint density at radius 3 is 0.375 bits per heavy atom. The Kier molecular flexibility index (Phi) is 7160000. The van der Waals surface area contributed by atoms with Crippen molar-refractivity contribution in [1.29, 1.82) is 0 Å². The predicted octanol–water partition coefficient (Wildman–Crippen LogP) is -4.79. The minimum Gasteiger partial charge on any atom is -0.412 e. The maximum absolute atomic E-state index is 0. The Morgan fingerprint density at radius 1 is 0.375 bits per heavy atom. The standard InChI is InChI=1S/H3N.Ni.6H2O/h1H3;;6*1H2/q;+2;;;;;;. The summed E-state index contributed by atoms with van der Waals surface area (Å²) in [5.41, 5.74) is 0. The second-order valence-corrected chi connectivity index (χ2v) is 0. The monoisotopic (exact) mass is 183 g/mol. The van der Waals surface area contributed by atoms with Crippen molar-refractivity contribution in [3.05, 3.63) is 0 Å². The molecule has 0 aliphatic carbocycles. The maximum Gasteiger partial charge on any atom is 2.00 e. The van der Waals surface area contributed by atoms with Crippen LogP contribution in [0.3, 0.4) is 0 Å². The third-order valence-electron chi connectivity index (χ3n) is 0. The van der Waals surface area contributed by atoms with Gasteiger partial charge in [0.15, 0.2) is 0 Å². The van der Waals surface area contributed by atoms with Crippen molar-refractivity contribution >= 4 is 0 Å². The SMILES string of the molecule is N.O.O.O.O.O.O.[Ni+2]. The molecule has 8 heteroatoms. The molecule has 0 aromatic rings. The molecule has 0 aliphatic heterocycles. The zero-order valence-corrected chi connectivity index (χ0v) is 5.01. The van der Waals surface area contributed by atoms with Crippen LogP contribution in [0.2, 0.25) is 0 Å². The first-order valence-electron chi connectivity index (χ1n) is 0. The van der Waals surface area contributed by atoms with E-state index in [2.05, 4.69) is 0 Å². The molecule has 0 radical (unpaired) electrons. The van der Waals surface area contributed by atoms with Crippen LogP contribution < -0.4 is 6.15 Å². The molecule has 0 bridgehead atoms. The molecular formula is H15NNiO6+2. The smallest absolute Gasteiger partial charge is 0.412 e. The third-order valence-corrected chi connectivity index (χ3v) is 0.